The largest absolute Gasteiger partial charge is 0.493 e. The van der Waals surface area contributed by atoms with Gasteiger partial charge in [0.1, 0.15) is 23.9 Å². The molecule has 2 aromatic carbocycles. The number of ketones is 1. The van der Waals surface area contributed by atoms with E-state index >= 15 is 0 Å². The molecule has 28 heavy (non-hydrogen) atoms. The first-order valence-electron chi connectivity index (χ1n) is 9.20. The average Bonchev–Trinajstić information content (AvgIpc) is 2.82. The monoisotopic (exact) mass is 384 g/mol. The molecular formula is C21H21FN2O4. The van der Waals surface area contributed by atoms with Crippen LogP contribution in [-0.2, 0) is 4.79 Å². The molecule has 6 nitrogen and oxygen atoms in total. The van der Waals surface area contributed by atoms with Gasteiger partial charge in [-0.25, -0.2) is 4.39 Å². The van der Waals surface area contributed by atoms with E-state index in [0.717, 1.165) is 11.8 Å². The number of likely N-dealkylation sites (tertiary alicyclic amines) is 1. The van der Waals surface area contributed by atoms with E-state index in [0.29, 0.717) is 25.4 Å². The molecule has 1 saturated heterocycles. The molecule has 0 atom stereocenters. The Morgan fingerprint density at radius 2 is 2.04 bits per heavy atom. The van der Waals surface area contributed by atoms with Crippen LogP contribution in [0.1, 0.15) is 15.9 Å². The summed E-state index contributed by atoms with van der Waals surface area (Å²) in [7, 11) is 0. The van der Waals surface area contributed by atoms with E-state index in [1.54, 1.807) is 4.90 Å². The zero-order valence-corrected chi connectivity index (χ0v) is 15.5. The molecule has 0 aliphatic carbocycles. The minimum Gasteiger partial charge on any atom is -0.493 e. The number of nitrogens with zero attached hydrogens (tertiary/aromatic N) is 1. The van der Waals surface area contributed by atoms with Crippen LogP contribution in [0.2, 0.25) is 0 Å². The molecule has 2 aliphatic rings. The van der Waals surface area contributed by atoms with Gasteiger partial charge < -0.3 is 19.7 Å². The van der Waals surface area contributed by atoms with Crippen molar-refractivity contribution in [1.29, 1.82) is 0 Å². The summed E-state index contributed by atoms with van der Waals surface area (Å²) in [5.41, 5.74) is 1.59. The number of carbonyl (C=O) groups is 2. The van der Waals surface area contributed by atoms with Crippen LogP contribution in [0, 0.1) is 18.7 Å². The number of carbonyl (C=O) groups excluding carboxylic acids is 2. The maximum absolute atomic E-state index is 14.4. The SMILES string of the molecule is Cc1ccc(OCC2CN(C(=O)c3cc4c(cc3F)OCC(=O)CN4)C2)cc1. The van der Waals surface area contributed by atoms with E-state index in [4.69, 9.17) is 9.47 Å². The number of hydrogen-bond acceptors (Lipinski definition) is 5. The first kappa shape index (κ1) is 18.3. The third kappa shape index (κ3) is 3.78. The summed E-state index contributed by atoms with van der Waals surface area (Å²) in [4.78, 5) is 25.7. The van der Waals surface area contributed by atoms with Crippen molar-refractivity contribution in [3.05, 3.63) is 53.3 Å². The van der Waals surface area contributed by atoms with Crippen LogP contribution in [0.5, 0.6) is 11.5 Å². The highest BCUT2D eigenvalue weighted by Gasteiger charge is 2.33. The molecule has 7 heteroatoms. The van der Waals surface area contributed by atoms with Crippen molar-refractivity contribution >= 4 is 17.4 Å². The van der Waals surface area contributed by atoms with Crippen molar-refractivity contribution in [1.82, 2.24) is 4.90 Å². The molecule has 1 fully saturated rings. The summed E-state index contributed by atoms with van der Waals surface area (Å²) in [5, 5.41) is 2.89. The van der Waals surface area contributed by atoms with Gasteiger partial charge in [0.15, 0.2) is 5.78 Å². The van der Waals surface area contributed by atoms with Gasteiger partial charge in [-0.1, -0.05) is 17.7 Å². The second-order valence-corrected chi connectivity index (χ2v) is 7.21. The molecular weight excluding hydrogens is 363 g/mol. The zero-order chi connectivity index (χ0) is 19.7. The molecule has 0 unspecified atom stereocenters. The highest BCUT2D eigenvalue weighted by atomic mass is 19.1. The summed E-state index contributed by atoms with van der Waals surface area (Å²) in [6.07, 6.45) is 0. The Hall–Kier alpha value is -3.09. The molecule has 2 aliphatic heterocycles. The Morgan fingerprint density at radius 3 is 2.79 bits per heavy atom. The summed E-state index contributed by atoms with van der Waals surface area (Å²) < 4.78 is 25.4. The van der Waals surface area contributed by atoms with Crippen LogP contribution >= 0.6 is 0 Å². The smallest absolute Gasteiger partial charge is 0.256 e. The maximum Gasteiger partial charge on any atom is 0.256 e. The zero-order valence-electron chi connectivity index (χ0n) is 15.5. The molecule has 0 spiro atoms. The van der Waals surface area contributed by atoms with Crippen LogP contribution in [-0.4, -0.2) is 49.4 Å². The van der Waals surface area contributed by atoms with E-state index in [1.807, 2.05) is 31.2 Å². The molecule has 146 valence electrons. The lowest BCUT2D eigenvalue weighted by atomic mass is 9.99. The number of anilines is 1. The number of hydrogen-bond donors (Lipinski definition) is 1. The normalized spacial score (nSPS) is 16.4. The number of benzene rings is 2. The predicted molar refractivity (Wildman–Crippen MR) is 101 cm³/mol. The lowest BCUT2D eigenvalue weighted by molar-refractivity contribution is -0.119. The average molecular weight is 384 g/mol. The second kappa shape index (κ2) is 7.50. The lowest BCUT2D eigenvalue weighted by Crippen LogP contribution is -2.52. The number of aryl methyl sites for hydroxylation is 1. The number of nitrogens with one attached hydrogen (secondary N) is 1. The van der Waals surface area contributed by atoms with E-state index in [1.165, 1.54) is 11.6 Å². The van der Waals surface area contributed by atoms with Gasteiger partial charge >= 0.3 is 0 Å². The molecule has 0 bridgehead atoms. The summed E-state index contributed by atoms with van der Waals surface area (Å²) in [6.45, 7) is 3.54. The number of halogens is 1. The van der Waals surface area contributed by atoms with Gasteiger partial charge in [0, 0.05) is 25.1 Å². The third-order valence-electron chi connectivity index (χ3n) is 4.92. The van der Waals surface area contributed by atoms with E-state index in [2.05, 4.69) is 5.32 Å². The van der Waals surface area contributed by atoms with Gasteiger partial charge in [0.25, 0.3) is 5.91 Å². The Labute approximate surface area is 162 Å². The number of amides is 1. The number of ether oxygens (including phenoxy) is 2. The van der Waals surface area contributed by atoms with E-state index in [9.17, 15) is 14.0 Å². The summed E-state index contributed by atoms with van der Waals surface area (Å²) >= 11 is 0. The Kier molecular flexibility index (Phi) is 4.90. The highest BCUT2D eigenvalue weighted by molar-refractivity contribution is 5.97. The lowest BCUT2D eigenvalue weighted by Gasteiger charge is -2.39. The van der Waals surface area contributed by atoms with Gasteiger partial charge in [-0.2, -0.15) is 0 Å². The molecule has 4 rings (SSSR count). The van der Waals surface area contributed by atoms with Crippen molar-refractivity contribution in [2.24, 2.45) is 5.92 Å². The molecule has 0 radical (unpaired) electrons. The van der Waals surface area contributed by atoms with Crippen molar-refractivity contribution in [2.45, 2.75) is 6.92 Å². The van der Waals surface area contributed by atoms with Gasteiger partial charge in [-0.15, -0.1) is 0 Å². The van der Waals surface area contributed by atoms with Gasteiger partial charge in [-0.05, 0) is 25.1 Å². The second-order valence-electron chi connectivity index (χ2n) is 7.21. The Morgan fingerprint density at radius 1 is 1.29 bits per heavy atom. The molecule has 1 amide bonds. The molecule has 1 N–H and O–H groups in total. The van der Waals surface area contributed by atoms with Crippen LogP contribution in [0.25, 0.3) is 0 Å². The topological polar surface area (TPSA) is 67.9 Å². The first-order chi connectivity index (χ1) is 13.5. The van der Waals surface area contributed by atoms with Gasteiger partial charge in [0.05, 0.1) is 24.4 Å². The van der Waals surface area contributed by atoms with Gasteiger partial charge in [0.2, 0.25) is 0 Å². The fourth-order valence-electron chi connectivity index (χ4n) is 3.24. The van der Waals surface area contributed by atoms with Crippen molar-refractivity contribution in [2.75, 3.05) is 38.2 Å². The maximum atomic E-state index is 14.4. The fourth-order valence-corrected chi connectivity index (χ4v) is 3.24. The highest BCUT2D eigenvalue weighted by Crippen LogP contribution is 2.31. The Bertz CT molecular complexity index is 907. The van der Waals surface area contributed by atoms with Crippen molar-refractivity contribution in [3.8, 4) is 11.5 Å². The van der Waals surface area contributed by atoms with Crippen LogP contribution in [0.4, 0.5) is 10.1 Å². The minimum atomic E-state index is -0.653. The summed E-state index contributed by atoms with van der Waals surface area (Å²) in [5.74, 6) is 0.0982. The van der Waals surface area contributed by atoms with Crippen LogP contribution in [0.15, 0.2) is 36.4 Å². The molecule has 0 aromatic heterocycles. The number of fused-ring (bicyclic) bond motifs is 1. The van der Waals surface area contributed by atoms with Crippen molar-refractivity contribution < 1.29 is 23.5 Å². The van der Waals surface area contributed by atoms with E-state index < -0.39 is 5.82 Å². The first-order valence-corrected chi connectivity index (χ1v) is 9.20. The van der Waals surface area contributed by atoms with Crippen LogP contribution < -0.4 is 14.8 Å². The molecule has 2 heterocycles. The van der Waals surface area contributed by atoms with E-state index in [-0.39, 0.29) is 42.1 Å². The quantitative estimate of drug-likeness (QED) is 0.878. The molecule has 0 saturated carbocycles. The minimum absolute atomic E-state index is 0.0258. The van der Waals surface area contributed by atoms with Gasteiger partial charge in [-0.3, -0.25) is 9.59 Å². The third-order valence-corrected chi connectivity index (χ3v) is 4.92. The number of Topliss-reactive ketones (excluding diaryl/α,β-unsaturated/α-hetero) is 1. The summed E-state index contributed by atoms with van der Waals surface area (Å²) in [6, 6.07) is 10.4. The van der Waals surface area contributed by atoms with Crippen molar-refractivity contribution in [3.63, 3.8) is 0 Å². The Balaban J connectivity index is 1.36. The fraction of sp³-hybridized carbons (Fsp3) is 0.333. The standard InChI is InChI=1S/C21H21FN2O4/c1-13-2-4-16(5-3-13)27-11-14-9-24(10-14)21(26)17-6-19-20(7-18(17)22)28-12-15(25)8-23-19/h2-7,14,23H,8-12H2,1H3. The van der Waals surface area contributed by atoms with Crippen LogP contribution in [0.3, 0.4) is 0 Å². The molecule has 2 aromatic rings. The number of rotatable bonds is 4. The predicted octanol–water partition coefficient (Wildman–Crippen LogP) is 2.66.